The summed E-state index contributed by atoms with van der Waals surface area (Å²) in [5.74, 6) is 0.190. The summed E-state index contributed by atoms with van der Waals surface area (Å²) in [6.45, 7) is 3.35. The standard InChI is InChI=1S/C21H28N4O2/c1-21(27)10-11-25(14-15-12-22-24(2)13-15)18(16-6-4-3-5-7-16)19(21)23-20(26)17-8-9-17/h3-7,12-13,17-19,27H,8-11,14H2,1-2H3,(H,23,26). The molecule has 1 aromatic carbocycles. The number of carbonyl (C=O) groups is 1. The molecule has 2 aromatic rings. The number of likely N-dealkylation sites (tertiary alicyclic amines) is 1. The maximum atomic E-state index is 12.6. The van der Waals surface area contributed by atoms with Gasteiger partial charge in [-0.3, -0.25) is 14.4 Å². The Balaban J connectivity index is 1.66. The van der Waals surface area contributed by atoms with Crippen LogP contribution in [0.15, 0.2) is 42.7 Å². The summed E-state index contributed by atoms with van der Waals surface area (Å²) in [4.78, 5) is 14.9. The van der Waals surface area contributed by atoms with Gasteiger partial charge in [0, 0.05) is 37.8 Å². The first-order valence-corrected chi connectivity index (χ1v) is 9.73. The third-order valence-corrected chi connectivity index (χ3v) is 5.82. The fourth-order valence-electron chi connectivity index (χ4n) is 4.09. The number of nitrogens with one attached hydrogen (secondary N) is 1. The molecule has 2 fully saturated rings. The lowest BCUT2D eigenvalue weighted by molar-refractivity contribution is -0.130. The fraction of sp³-hybridized carbons (Fsp3) is 0.524. The van der Waals surface area contributed by atoms with Crippen molar-refractivity contribution in [3.63, 3.8) is 0 Å². The van der Waals surface area contributed by atoms with Gasteiger partial charge in [0.2, 0.25) is 5.91 Å². The smallest absolute Gasteiger partial charge is 0.223 e. The number of rotatable bonds is 5. The third kappa shape index (κ3) is 3.92. The van der Waals surface area contributed by atoms with E-state index in [1.54, 1.807) is 4.68 Å². The number of nitrogens with zero attached hydrogens (tertiary/aromatic N) is 3. The van der Waals surface area contributed by atoms with Crippen molar-refractivity contribution in [1.29, 1.82) is 0 Å². The Morgan fingerprint density at radius 3 is 2.70 bits per heavy atom. The van der Waals surface area contributed by atoms with Crippen LogP contribution in [0, 0.1) is 5.92 Å². The zero-order valence-electron chi connectivity index (χ0n) is 16.0. The van der Waals surface area contributed by atoms with E-state index < -0.39 is 5.60 Å². The molecule has 6 nitrogen and oxygen atoms in total. The molecule has 2 heterocycles. The number of carbonyl (C=O) groups excluding carboxylic acids is 1. The minimum absolute atomic E-state index is 0.0735. The van der Waals surface area contributed by atoms with Crippen LogP contribution in [0.2, 0.25) is 0 Å². The van der Waals surface area contributed by atoms with Crippen molar-refractivity contribution in [2.24, 2.45) is 13.0 Å². The van der Waals surface area contributed by atoms with Crippen molar-refractivity contribution in [2.45, 2.75) is 50.4 Å². The second kappa shape index (κ2) is 7.09. The van der Waals surface area contributed by atoms with Gasteiger partial charge in [-0.05, 0) is 31.7 Å². The molecule has 1 aromatic heterocycles. The maximum absolute atomic E-state index is 12.6. The van der Waals surface area contributed by atoms with Crippen molar-refractivity contribution in [3.8, 4) is 0 Å². The fourth-order valence-corrected chi connectivity index (χ4v) is 4.09. The van der Waals surface area contributed by atoms with E-state index in [2.05, 4.69) is 27.4 Å². The van der Waals surface area contributed by atoms with Gasteiger partial charge in [-0.2, -0.15) is 5.10 Å². The summed E-state index contributed by atoms with van der Waals surface area (Å²) in [5.41, 5.74) is 1.30. The molecule has 1 amide bonds. The number of amides is 1. The van der Waals surface area contributed by atoms with Gasteiger partial charge >= 0.3 is 0 Å². The highest BCUT2D eigenvalue weighted by Crippen LogP contribution is 2.39. The monoisotopic (exact) mass is 368 g/mol. The topological polar surface area (TPSA) is 70.4 Å². The van der Waals surface area contributed by atoms with Gasteiger partial charge in [0.1, 0.15) is 0 Å². The predicted octanol–water partition coefficient (Wildman–Crippen LogP) is 2.01. The molecule has 3 atom stereocenters. The van der Waals surface area contributed by atoms with Gasteiger partial charge in [-0.1, -0.05) is 30.3 Å². The highest BCUT2D eigenvalue weighted by Gasteiger charge is 2.47. The van der Waals surface area contributed by atoms with Crippen molar-refractivity contribution < 1.29 is 9.90 Å². The van der Waals surface area contributed by atoms with Crippen LogP contribution in [0.5, 0.6) is 0 Å². The van der Waals surface area contributed by atoms with Crippen LogP contribution in [0.1, 0.15) is 43.4 Å². The van der Waals surface area contributed by atoms with Gasteiger partial charge in [-0.15, -0.1) is 0 Å². The summed E-state index contributed by atoms with van der Waals surface area (Å²) >= 11 is 0. The lowest BCUT2D eigenvalue weighted by Crippen LogP contribution is -2.62. The van der Waals surface area contributed by atoms with E-state index in [1.165, 1.54) is 0 Å². The van der Waals surface area contributed by atoms with Gasteiger partial charge in [0.15, 0.2) is 0 Å². The van der Waals surface area contributed by atoms with E-state index in [9.17, 15) is 9.90 Å². The summed E-state index contributed by atoms with van der Waals surface area (Å²) in [5, 5.41) is 18.6. The van der Waals surface area contributed by atoms with E-state index in [-0.39, 0.29) is 23.9 Å². The van der Waals surface area contributed by atoms with E-state index >= 15 is 0 Å². The van der Waals surface area contributed by atoms with Crippen LogP contribution in [0.25, 0.3) is 0 Å². The van der Waals surface area contributed by atoms with Gasteiger partial charge in [0.05, 0.1) is 23.9 Å². The van der Waals surface area contributed by atoms with Crippen LogP contribution >= 0.6 is 0 Å². The first-order chi connectivity index (χ1) is 12.9. The zero-order chi connectivity index (χ0) is 19.0. The van der Waals surface area contributed by atoms with Gasteiger partial charge in [0.25, 0.3) is 0 Å². The SMILES string of the molecule is Cn1cc(CN2CCC(C)(O)C(NC(=O)C3CC3)C2c2ccccc2)cn1. The molecule has 6 heteroatoms. The molecule has 0 bridgehead atoms. The van der Waals surface area contributed by atoms with Crippen LogP contribution < -0.4 is 5.32 Å². The van der Waals surface area contributed by atoms with Crippen molar-refractivity contribution in [3.05, 3.63) is 53.9 Å². The number of aryl methyl sites for hydroxylation is 1. The second-order valence-corrected chi connectivity index (χ2v) is 8.22. The molecular weight excluding hydrogens is 340 g/mol. The Morgan fingerprint density at radius 2 is 2.07 bits per heavy atom. The molecule has 1 aliphatic heterocycles. The summed E-state index contributed by atoms with van der Waals surface area (Å²) in [6.07, 6.45) is 6.43. The molecule has 2 aliphatic rings. The zero-order valence-corrected chi connectivity index (χ0v) is 16.0. The van der Waals surface area contributed by atoms with E-state index in [0.29, 0.717) is 6.42 Å². The number of aliphatic hydroxyl groups is 1. The van der Waals surface area contributed by atoms with Crippen LogP contribution in [0.4, 0.5) is 0 Å². The number of benzene rings is 1. The Hall–Kier alpha value is -2.18. The van der Waals surface area contributed by atoms with E-state index in [1.807, 2.05) is 44.6 Å². The van der Waals surface area contributed by atoms with Crippen LogP contribution in [-0.2, 0) is 18.4 Å². The van der Waals surface area contributed by atoms with E-state index in [0.717, 1.165) is 37.1 Å². The molecular formula is C21H28N4O2. The molecule has 1 aliphatic carbocycles. The summed E-state index contributed by atoms with van der Waals surface area (Å²) in [6, 6.07) is 9.75. The quantitative estimate of drug-likeness (QED) is 0.847. The lowest BCUT2D eigenvalue weighted by Gasteiger charge is -2.49. The Kier molecular flexibility index (Phi) is 4.78. The average Bonchev–Trinajstić information content (AvgIpc) is 3.42. The number of hydrogen-bond donors (Lipinski definition) is 2. The summed E-state index contributed by atoms with van der Waals surface area (Å²) < 4.78 is 1.80. The van der Waals surface area contributed by atoms with Crippen molar-refractivity contribution in [1.82, 2.24) is 20.0 Å². The van der Waals surface area contributed by atoms with Crippen LogP contribution in [0.3, 0.4) is 0 Å². The predicted molar refractivity (Wildman–Crippen MR) is 103 cm³/mol. The summed E-state index contributed by atoms with van der Waals surface area (Å²) in [7, 11) is 1.91. The molecule has 1 saturated carbocycles. The maximum Gasteiger partial charge on any atom is 0.223 e. The van der Waals surface area contributed by atoms with Crippen LogP contribution in [-0.4, -0.2) is 43.9 Å². The Labute approximate surface area is 160 Å². The molecule has 1 saturated heterocycles. The number of aromatic nitrogens is 2. The first kappa shape index (κ1) is 18.2. The number of hydrogen-bond acceptors (Lipinski definition) is 4. The normalized spacial score (nSPS) is 28.9. The molecule has 27 heavy (non-hydrogen) atoms. The minimum Gasteiger partial charge on any atom is -0.388 e. The Bertz CT molecular complexity index is 798. The highest BCUT2D eigenvalue weighted by atomic mass is 16.3. The number of piperidine rings is 1. The molecule has 0 spiro atoms. The Morgan fingerprint density at radius 1 is 1.33 bits per heavy atom. The molecule has 144 valence electrons. The lowest BCUT2D eigenvalue weighted by atomic mass is 9.79. The second-order valence-electron chi connectivity index (χ2n) is 8.22. The minimum atomic E-state index is -0.948. The van der Waals surface area contributed by atoms with Gasteiger partial charge < -0.3 is 10.4 Å². The van der Waals surface area contributed by atoms with Gasteiger partial charge in [-0.25, -0.2) is 0 Å². The highest BCUT2D eigenvalue weighted by molar-refractivity contribution is 5.81. The third-order valence-electron chi connectivity index (χ3n) is 5.82. The van der Waals surface area contributed by atoms with Crippen molar-refractivity contribution >= 4 is 5.91 Å². The average molecular weight is 368 g/mol. The first-order valence-electron chi connectivity index (χ1n) is 9.73. The molecule has 3 unspecified atom stereocenters. The largest absolute Gasteiger partial charge is 0.388 e. The van der Waals surface area contributed by atoms with Crippen molar-refractivity contribution in [2.75, 3.05) is 6.54 Å². The van der Waals surface area contributed by atoms with E-state index in [4.69, 9.17) is 0 Å². The molecule has 2 N–H and O–H groups in total. The molecule has 0 radical (unpaired) electrons. The molecule has 4 rings (SSSR count).